The van der Waals surface area contributed by atoms with Crippen LogP contribution in [0.1, 0.15) is 0 Å². The molecular weight excluding hydrogens is 334 g/mol. The SMILES string of the molecule is O=C[C@@H](NC(=O)[C@H](O)[C@H](O)[C@H](O)[C@H](O)CO)[C@@H](O)[C@H](O)[C@@H](O)CO. The van der Waals surface area contributed by atoms with Crippen molar-refractivity contribution in [1.29, 1.82) is 0 Å². The molecule has 0 aliphatic rings. The molecule has 0 radical (unpaired) electrons. The van der Waals surface area contributed by atoms with E-state index in [4.69, 9.17) is 15.3 Å². The molecule has 0 saturated carbocycles. The topological polar surface area (TPSA) is 228 Å². The summed E-state index contributed by atoms with van der Waals surface area (Å²) in [6.07, 6.45) is -14.4. The second kappa shape index (κ2) is 10.6. The molecule has 0 aromatic heterocycles. The van der Waals surface area contributed by atoms with Gasteiger partial charge >= 0.3 is 0 Å². The number of aliphatic hydroxyl groups is 9. The van der Waals surface area contributed by atoms with Crippen molar-refractivity contribution >= 4 is 12.2 Å². The molecule has 12 nitrogen and oxygen atoms in total. The Bertz CT molecular complexity index is 395. The third kappa shape index (κ3) is 6.01. The Labute approximate surface area is 136 Å². The summed E-state index contributed by atoms with van der Waals surface area (Å²) in [6, 6.07) is -1.82. The lowest BCUT2D eigenvalue weighted by molar-refractivity contribution is -0.152. The number of aldehydes is 1. The minimum Gasteiger partial charge on any atom is -0.394 e. The first-order valence-corrected chi connectivity index (χ1v) is 6.86. The van der Waals surface area contributed by atoms with Gasteiger partial charge in [-0.2, -0.15) is 0 Å². The van der Waals surface area contributed by atoms with Crippen LogP contribution in [0.3, 0.4) is 0 Å². The van der Waals surface area contributed by atoms with Crippen molar-refractivity contribution in [1.82, 2.24) is 5.32 Å². The third-order valence-corrected chi connectivity index (χ3v) is 3.28. The van der Waals surface area contributed by atoms with Crippen molar-refractivity contribution in [2.45, 2.75) is 48.8 Å². The third-order valence-electron chi connectivity index (χ3n) is 3.28. The summed E-state index contributed by atoms with van der Waals surface area (Å²) in [5.41, 5.74) is 0. The number of aliphatic hydroxyl groups excluding tert-OH is 9. The Balaban J connectivity index is 4.89. The van der Waals surface area contributed by atoms with Crippen molar-refractivity contribution in [3.63, 3.8) is 0 Å². The Morgan fingerprint density at radius 1 is 0.792 bits per heavy atom. The number of amides is 1. The van der Waals surface area contributed by atoms with Gasteiger partial charge in [-0.3, -0.25) is 4.79 Å². The molecule has 0 unspecified atom stereocenters. The summed E-state index contributed by atoms with van der Waals surface area (Å²) in [5, 5.41) is 84.9. The standard InChI is InChI=1S/C12H23NO11/c14-1-4(7(19)8(20)5(17)2-15)13-12(24)11(23)10(22)9(21)6(18)3-16/h1,4-11,15-23H,2-3H2,(H,13,24)/t4-,5+,6-,7-,8-,9-,10-,11-/m1/s1. The minimum atomic E-state index is -2.35. The van der Waals surface area contributed by atoms with Crippen molar-refractivity contribution in [2.75, 3.05) is 13.2 Å². The second-order valence-corrected chi connectivity index (χ2v) is 5.08. The fourth-order valence-corrected chi connectivity index (χ4v) is 1.68. The molecular formula is C12H23NO11. The fourth-order valence-electron chi connectivity index (χ4n) is 1.68. The van der Waals surface area contributed by atoms with Crippen LogP contribution in [-0.2, 0) is 9.59 Å². The molecule has 0 fully saturated rings. The summed E-state index contributed by atoms with van der Waals surface area (Å²) in [6.45, 7) is -1.90. The molecule has 8 atom stereocenters. The lowest BCUT2D eigenvalue weighted by atomic mass is 10.00. The zero-order chi connectivity index (χ0) is 19.0. The van der Waals surface area contributed by atoms with E-state index in [9.17, 15) is 40.2 Å². The summed E-state index contributed by atoms with van der Waals surface area (Å²) >= 11 is 0. The maximum atomic E-state index is 11.7. The first-order chi connectivity index (χ1) is 11.1. The summed E-state index contributed by atoms with van der Waals surface area (Å²) in [5.74, 6) is -1.45. The molecule has 0 spiro atoms. The molecule has 0 bridgehead atoms. The molecule has 24 heavy (non-hydrogen) atoms. The number of hydrogen-bond acceptors (Lipinski definition) is 11. The molecule has 0 saturated heterocycles. The van der Waals surface area contributed by atoms with Crippen molar-refractivity contribution in [2.24, 2.45) is 0 Å². The molecule has 0 rings (SSSR count). The summed E-state index contributed by atoms with van der Waals surface area (Å²) < 4.78 is 0. The van der Waals surface area contributed by atoms with Gasteiger partial charge in [0, 0.05) is 0 Å². The Morgan fingerprint density at radius 3 is 1.58 bits per heavy atom. The number of hydrogen-bond donors (Lipinski definition) is 10. The first kappa shape index (κ1) is 22.8. The molecule has 0 aromatic rings. The number of rotatable bonds is 11. The van der Waals surface area contributed by atoms with Crippen molar-refractivity contribution < 1.29 is 55.5 Å². The van der Waals surface area contributed by atoms with Gasteiger partial charge in [-0.1, -0.05) is 0 Å². The van der Waals surface area contributed by atoms with Gasteiger partial charge in [0.2, 0.25) is 0 Å². The fraction of sp³-hybridized carbons (Fsp3) is 0.833. The Hall–Kier alpha value is -1.22. The highest BCUT2D eigenvalue weighted by atomic mass is 16.4. The van der Waals surface area contributed by atoms with Crippen LogP contribution < -0.4 is 5.32 Å². The predicted octanol–water partition coefficient (Wildman–Crippen LogP) is -6.82. The van der Waals surface area contributed by atoms with Crippen LogP contribution in [0.2, 0.25) is 0 Å². The van der Waals surface area contributed by atoms with Gasteiger partial charge in [-0.25, -0.2) is 0 Å². The van der Waals surface area contributed by atoms with E-state index in [0.29, 0.717) is 0 Å². The zero-order valence-corrected chi connectivity index (χ0v) is 12.5. The number of carbonyl (C=O) groups excluding carboxylic acids is 2. The lowest BCUT2D eigenvalue weighted by Gasteiger charge is -2.29. The largest absolute Gasteiger partial charge is 0.394 e. The molecule has 142 valence electrons. The van der Waals surface area contributed by atoms with Crippen LogP contribution in [-0.4, -0.2) is 120 Å². The molecule has 1 amide bonds. The van der Waals surface area contributed by atoms with Crippen molar-refractivity contribution in [3.05, 3.63) is 0 Å². The lowest BCUT2D eigenvalue weighted by Crippen LogP contribution is -2.58. The van der Waals surface area contributed by atoms with E-state index in [0.717, 1.165) is 0 Å². The molecule has 0 aliphatic heterocycles. The average Bonchev–Trinajstić information content (AvgIpc) is 2.60. The smallest absolute Gasteiger partial charge is 0.252 e. The van der Waals surface area contributed by atoms with Crippen LogP contribution in [0, 0.1) is 0 Å². The number of carbonyl (C=O) groups is 2. The maximum Gasteiger partial charge on any atom is 0.252 e. The first-order valence-electron chi connectivity index (χ1n) is 6.86. The average molecular weight is 357 g/mol. The highest BCUT2D eigenvalue weighted by Gasteiger charge is 2.37. The van der Waals surface area contributed by atoms with E-state index in [-0.39, 0.29) is 6.29 Å². The van der Waals surface area contributed by atoms with Gasteiger partial charge < -0.3 is 56.1 Å². The van der Waals surface area contributed by atoms with Gasteiger partial charge in [0.15, 0.2) is 6.10 Å². The normalized spacial score (nSPS) is 21.7. The Morgan fingerprint density at radius 2 is 1.21 bits per heavy atom. The van der Waals surface area contributed by atoms with E-state index in [1.807, 2.05) is 0 Å². The van der Waals surface area contributed by atoms with Crippen LogP contribution >= 0.6 is 0 Å². The zero-order valence-electron chi connectivity index (χ0n) is 12.5. The molecule has 0 aliphatic carbocycles. The van der Waals surface area contributed by atoms with Gasteiger partial charge in [0.05, 0.1) is 13.2 Å². The Kier molecular flexibility index (Phi) is 10.1. The maximum absolute atomic E-state index is 11.7. The molecule has 10 N–H and O–H groups in total. The van der Waals surface area contributed by atoms with Crippen LogP contribution in [0.4, 0.5) is 0 Å². The van der Waals surface area contributed by atoms with Gasteiger partial charge in [0.25, 0.3) is 5.91 Å². The quantitative estimate of drug-likeness (QED) is 0.156. The van der Waals surface area contributed by atoms with Crippen LogP contribution in [0.5, 0.6) is 0 Å². The highest BCUT2D eigenvalue weighted by molar-refractivity contribution is 5.84. The van der Waals surface area contributed by atoms with Gasteiger partial charge in [-0.15, -0.1) is 0 Å². The van der Waals surface area contributed by atoms with Crippen LogP contribution in [0.15, 0.2) is 0 Å². The second-order valence-electron chi connectivity index (χ2n) is 5.08. The number of nitrogens with one attached hydrogen (secondary N) is 1. The van der Waals surface area contributed by atoms with Crippen LogP contribution in [0.25, 0.3) is 0 Å². The molecule has 0 heterocycles. The van der Waals surface area contributed by atoms with E-state index < -0.39 is 67.9 Å². The van der Waals surface area contributed by atoms with Crippen molar-refractivity contribution in [3.8, 4) is 0 Å². The predicted molar refractivity (Wildman–Crippen MR) is 74.2 cm³/mol. The molecule has 0 aromatic carbocycles. The van der Waals surface area contributed by atoms with Gasteiger partial charge in [-0.05, 0) is 0 Å². The monoisotopic (exact) mass is 357 g/mol. The van der Waals surface area contributed by atoms with E-state index in [1.165, 1.54) is 0 Å². The summed E-state index contributed by atoms with van der Waals surface area (Å²) in [4.78, 5) is 22.6. The van der Waals surface area contributed by atoms with E-state index >= 15 is 0 Å². The highest BCUT2D eigenvalue weighted by Crippen LogP contribution is 2.08. The molecule has 12 heteroatoms. The van der Waals surface area contributed by atoms with E-state index in [1.54, 1.807) is 5.32 Å². The van der Waals surface area contributed by atoms with Gasteiger partial charge in [0.1, 0.15) is 49.0 Å². The summed E-state index contributed by atoms with van der Waals surface area (Å²) in [7, 11) is 0. The van der Waals surface area contributed by atoms with E-state index in [2.05, 4.69) is 0 Å². The minimum absolute atomic E-state index is 0.0337.